The summed E-state index contributed by atoms with van der Waals surface area (Å²) in [7, 11) is 0. The number of aromatic amines is 1. The van der Waals surface area contributed by atoms with Crippen LogP contribution in [-0.2, 0) is 0 Å². The van der Waals surface area contributed by atoms with Crippen LogP contribution >= 0.6 is 11.3 Å². The molecular formula is C16H17F2N5S. The number of fused-ring (bicyclic) bond motifs is 1. The predicted octanol–water partition coefficient (Wildman–Crippen LogP) is 4.26. The first-order valence-electron chi connectivity index (χ1n) is 7.84. The Kier molecular flexibility index (Phi) is 3.64. The first-order chi connectivity index (χ1) is 11.5. The number of nitrogens with two attached hydrogens (primary N) is 1. The highest BCUT2D eigenvalue weighted by Crippen LogP contribution is 2.39. The molecular weight excluding hydrogens is 332 g/mol. The van der Waals surface area contributed by atoms with Gasteiger partial charge < -0.3 is 11.1 Å². The molecule has 3 aromatic heterocycles. The first-order valence-corrected chi connectivity index (χ1v) is 8.66. The van der Waals surface area contributed by atoms with Crippen LogP contribution in [0.2, 0.25) is 0 Å². The fourth-order valence-electron chi connectivity index (χ4n) is 3.08. The Balaban J connectivity index is 1.65. The van der Waals surface area contributed by atoms with Gasteiger partial charge in [-0.1, -0.05) is 0 Å². The van der Waals surface area contributed by atoms with E-state index in [1.807, 2.05) is 12.1 Å². The number of hydrogen-bond acceptors (Lipinski definition) is 5. The quantitative estimate of drug-likeness (QED) is 0.660. The molecule has 4 N–H and O–H groups in total. The highest BCUT2D eigenvalue weighted by molar-refractivity contribution is 7.22. The number of thiophene rings is 1. The number of H-pyrrole nitrogens is 1. The Hall–Kier alpha value is -2.22. The van der Waals surface area contributed by atoms with E-state index in [0.29, 0.717) is 18.7 Å². The van der Waals surface area contributed by atoms with Gasteiger partial charge in [0.2, 0.25) is 5.92 Å². The molecule has 3 aromatic rings. The summed E-state index contributed by atoms with van der Waals surface area (Å²) in [5.74, 6) is -2.11. The van der Waals surface area contributed by atoms with Gasteiger partial charge in [0, 0.05) is 31.1 Å². The van der Waals surface area contributed by atoms with Crippen LogP contribution < -0.4 is 11.1 Å². The lowest BCUT2D eigenvalue weighted by atomic mass is 9.92. The largest absolute Gasteiger partial charge is 0.384 e. The molecule has 24 heavy (non-hydrogen) atoms. The van der Waals surface area contributed by atoms with Gasteiger partial charge in [-0.2, -0.15) is 5.10 Å². The van der Waals surface area contributed by atoms with Crippen molar-refractivity contribution >= 4 is 33.1 Å². The third-order valence-electron chi connectivity index (χ3n) is 4.34. The van der Waals surface area contributed by atoms with E-state index in [1.54, 1.807) is 23.6 Å². The fraction of sp³-hybridized carbons (Fsp3) is 0.375. The van der Waals surface area contributed by atoms with Crippen molar-refractivity contribution in [2.75, 3.05) is 11.1 Å². The maximum atomic E-state index is 13.3. The first kappa shape index (κ1) is 15.3. The Bertz CT molecular complexity index is 849. The van der Waals surface area contributed by atoms with Crippen molar-refractivity contribution in [2.24, 2.45) is 0 Å². The number of hydrogen-bond donors (Lipinski definition) is 3. The Morgan fingerprint density at radius 1 is 1.29 bits per heavy atom. The monoisotopic (exact) mass is 349 g/mol. The zero-order valence-corrected chi connectivity index (χ0v) is 13.7. The van der Waals surface area contributed by atoms with Crippen molar-refractivity contribution in [2.45, 2.75) is 37.6 Å². The van der Waals surface area contributed by atoms with Crippen LogP contribution in [0.4, 0.5) is 20.3 Å². The molecule has 0 aromatic carbocycles. The van der Waals surface area contributed by atoms with Gasteiger partial charge in [0.1, 0.15) is 5.82 Å². The minimum absolute atomic E-state index is 0.0346. The van der Waals surface area contributed by atoms with E-state index in [1.165, 1.54) is 0 Å². The molecule has 4 rings (SSSR count). The number of anilines is 2. The van der Waals surface area contributed by atoms with E-state index in [4.69, 9.17) is 5.73 Å². The SMILES string of the molecule is Nc1cc(NC2CCC(F)(F)CC2)c2sc(-c3ccn[nH]3)cc2n1. The maximum absolute atomic E-state index is 13.3. The van der Waals surface area contributed by atoms with Gasteiger partial charge >= 0.3 is 0 Å². The van der Waals surface area contributed by atoms with Crippen molar-refractivity contribution in [1.82, 2.24) is 15.2 Å². The summed E-state index contributed by atoms with van der Waals surface area (Å²) in [6.45, 7) is 0. The van der Waals surface area contributed by atoms with Crippen LogP contribution in [0.15, 0.2) is 24.4 Å². The molecule has 0 spiro atoms. The van der Waals surface area contributed by atoms with Crippen LogP contribution in [0.25, 0.3) is 20.8 Å². The highest BCUT2D eigenvalue weighted by Gasteiger charge is 2.35. The zero-order chi connectivity index (χ0) is 16.7. The number of rotatable bonds is 3. The Labute approximate surface area is 141 Å². The second-order valence-electron chi connectivity index (χ2n) is 6.16. The average molecular weight is 349 g/mol. The average Bonchev–Trinajstić information content (AvgIpc) is 3.17. The lowest BCUT2D eigenvalue weighted by Crippen LogP contribution is -2.32. The van der Waals surface area contributed by atoms with Crippen molar-refractivity contribution in [3.63, 3.8) is 0 Å². The zero-order valence-electron chi connectivity index (χ0n) is 12.9. The molecule has 0 radical (unpaired) electrons. The molecule has 1 aliphatic rings. The standard InChI is InChI=1S/C16H17F2N5S/c17-16(18)4-1-9(2-5-16)21-12-8-14(19)22-11-7-13(24-15(11)12)10-3-6-20-23-10/h3,6-9H,1-2,4-5H2,(H,20,23)(H3,19,21,22). The number of halogens is 2. The molecule has 0 aliphatic heterocycles. The summed E-state index contributed by atoms with van der Waals surface area (Å²) in [4.78, 5) is 5.39. The minimum Gasteiger partial charge on any atom is -0.384 e. The third-order valence-corrected chi connectivity index (χ3v) is 5.53. The number of alkyl halides is 2. The molecule has 0 bridgehead atoms. The van der Waals surface area contributed by atoms with Crippen molar-refractivity contribution < 1.29 is 8.78 Å². The van der Waals surface area contributed by atoms with Gasteiger partial charge in [0.25, 0.3) is 0 Å². The molecule has 1 saturated carbocycles. The van der Waals surface area contributed by atoms with Gasteiger partial charge in [-0.15, -0.1) is 11.3 Å². The van der Waals surface area contributed by atoms with Crippen molar-refractivity contribution in [3.05, 3.63) is 24.4 Å². The third kappa shape index (κ3) is 2.93. The van der Waals surface area contributed by atoms with Crippen LogP contribution in [0, 0.1) is 0 Å². The van der Waals surface area contributed by atoms with Gasteiger partial charge in [-0.3, -0.25) is 5.10 Å². The molecule has 0 unspecified atom stereocenters. The molecule has 0 atom stereocenters. The topological polar surface area (TPSA) is 79.6 Å². The molecule has 1 fully saturated rings. The van der Waals surface area contributed by atoms with E-state index < -0.39 is 5.92 Å². The van der Waals surface area contributed by atoms with E-state index >= 15 is 0 Å². The van der Waals surface area contributed by atoms with Crippen molar-refractivity contribution in [1.29, 1.82) is 0 Å². The number of nitrogen functional groups attached to an aromatic ring is 1. The molecule has 3 heterocycles. The predicted molar refractivity (Wildman–Crippen MR) is 92.4 cm³/mol. The van der Waals surface area contributed by atoms with Gasteiger partial charge in [-0.25, -0.2) is 13.8 Å². The summed E-state index contributed by atoms with van der Waals surface area (Å²) in [6.07, 6.45) is 2.46. The molecule has 0 saturated heterocycles. The summed E-state index contributed by atoms with van der Waals surface area (Å²) in [6, 6.07) is 5.67. The van der Waals surface area contributed by atoms with Gasteiger partial charge in [0.05, 0.1) is 26.5 Å². The summed E-state index contributed by atoms with van der Waals surface area (Å²) < 4.78 is 27.6. The lowest BCUT2D eigenvalue weighted by Gasteiger charge is -2.29. The molecule has 0 amide bonds. The fourth-order valence-corrected chi connectivity index (χ4v) is 4.13. The second kappa shape index (κ2) is 5.70. The number of nitrogens with zero attached hydrogens (tertiary/aromatic N) is 2. The van der Waals surface area contributed by atoms with Crippen LogP contribution in [0.1, 0.15) is 25.7 Å². The van der Waals surface area contributed by atoms with E-state index in [-0.39, 0.29) is 18.9 Å². The molecule has 1 aliphatic carbocycles. The smallest absolute Gasteiger partial charge is 0.248 e. The van der Waals surface area contributed by atoms with Crippen LogP contribution in [-0.4, -0.2) is 27.1 Å². The lowest BCUT2D eigenvalue weighted by molar-refractivity contribution is -0.0360. The molecule has 5 nitrogen and oxygen atoms in total. The van der Waals surface area contributed by atoms with Gasteiger partial charge in [-0.05, 0) is 25.0 Å². The number of nitrogens with one attached hydrogen (secondary N) is 2. The van der Waals surface area contributed by atoms with Crippen molar-refractivity contribution in [3.8, 4) is 10.6 Å². The van der Waals surface area contributed by atoms with Crippen LogP contribution in [0.3, 0.4) is 0 Å². The molecule has 8 heteroatoms. The van der Waals surface area contributed by atoms with E-state index in [2.05, 4.69) is 20.5 Å². The second-order valence-corrected chi connectivity index (χ2v) is 7.22. The van der Waals surface area contributed by atoms with Gasteiger partial charge in [0.15, 0.2) is 0 Å². The number of aromatic nitrogens is 3. The Morgan fingerprint density at radius 2 is 2.08 bits per heavy atom. The summed E-state index contributed by atoms with van der Waals surface area (Å²) >= 11 is 1.58. The van der Waals surface area contributed by atoms with E-state index in [0.717, 1.165) is 26.5 Å². The summed E-state index contributed by atoms with van der Waals surface area (Å²) in [5, 5.41) is 10.3. The normalized spacial score (nSPS) is 18.1. The maximum Gasteiger partial charge on any atom is 0.248 e. The minimum atomic E-state index is -2.53. The Morgan fingerprint density at radius 3 is 2.79 bits per heavy atom. The van der Waals surface area contributed by atoms with E-state index in [9.17, 15) is 8.78 Å². The van der Waals surface area contributed by atoms with Crippen LogP contribution in [0.5, 0.6) is 0 Å². The molecule has 126 valence electrons. The number of pyridine rings is 1. The summed E-state index contributed by atoms with van der Waals surface area (Å²) in [5.41, 5.74) is 8.49. The highest BCUT2D eigenvalue weighted by atomic mass is 32.1.